The second-order valence-electron chi connectivity index (χ2n) is 5.13. The molecule has 3 nitrogen and oxygen atoms in total. The summed E-state index contributed by atoms with van der Waals surface area (Å²) < 4.78 is 84.7. The number of benzene rings is 1. The minimum atomic E-state index is -3.35. The molecule has 3 aromatic heterocycles. The molecule has 0 fully saturated rings. The van der Waals surface area contributed by atoms with Gasteiger partial charge in [0, 0.05) is 42.4 Å². The van der Waals surface area contributed by atoms with Gasteiger partial charge < -0.3 is 4.42 Å². The molecule has 3 heterocycles. The predicted molar refractivity (Wildman–Crippen MR) is 93.6 cm³/mol. The standard InChI is InChI=1S/C20H18N2O/c1-12(2)17-10-18(22-11-13(17)3)16-7-4-6-14-15-8-5-9-21-20(15)23-19(14)16/h4-12H,1-3H3/i1D3,2D3,3D3,12D. The van der Waals surface area contributed by atoms with Crippen molar-refractivity contribution in [3.05, 3.63) is 59.9 Å². The second-order valence-corrected chi connectivity index (χ2v) is 5.13. The maximum absolute atomic E-state index is 8.56. The smallest absolute Gasteiger partial charge is 0.227 e. The molecule has 0 saturated heterocycles. The van der Waals surface area contributed by atoms with Crippen LogP contribution in [0.15, 0.2) is 53.2 Å². The Morgan fingerprint density at radius 2 is 2.04 bits per heavy atom. The van der Waals surface area contributed by atoms with Crippen LogP contribution in [0.5, 0.6) is 0 Å². The molecular formula is C20H18N2O. The number of hydrogen-bond acceptors (Lipinski definition) is 3. The van der Waals surface area contributed by atoms with Crippen LogP contribution in [-0.2, 0) is 0 Å². The van der Waals surface area contributed by atoms with Gasteiger partial charge in [-0.2, -0.15) is 0 Å². The fraction of sp³-hybridized carbons (Fsp3) is 0.200. The van der Waals surface area contributed by atoms with E-state index in [2.05, 4.69) is 9.97 Å². The van der Waals surface area contributed by atoms with Crippen LogP contribution in [0, 0.1) is 6.85 Å². The lowest BCUT2D eigenvalue weighted by atomic mass is 9.97. The maximum atomic E-state index is 8.56. The van der Waals surface area contributed by atoms with Gasteiger partial charge in [0.25, 0.3) is 0 Å². The molecule has 0 N–H and O–H groups in total. The summed E-state index contributed by atoms with van der Waals surface area (Å²) in [6, 6.07) is 9.74. The van der Waals surface area contributed by atoms with Crippen molar-refractivity contribution in [2.45, 2.75) is 26.4 Å². The Bertz CT molecular complexity index is 1340. The predicted octanol–water partition coefficient (Wildman–Crippen LogP) is 5.47. The first kappa shape index (κ1) is 6.83. The average molecular weight is 312 g/mol. The van der Waals surface area contributed by atoms with E-state index in [4.69, 9.17) is 18.1 Å². The summed E-state index contributed by atoms with van der Waals surface area (Å²) in [4.78, 5) is 8.36. The summed E-state index contributed by atoms with van der Waals surface area (Å²) in [7, 11) is 0. The first-order valence-corrected chi connectivity index (χ1v) is 6.94. The summed E-state index contributed by atoms with van der Waals surface area (Å²) in [6.45, 7) is -9.60. The van der Waals surface area contributed by atoms with Gasteiger partial charge in [0.05, 0.1) is 5.69 Å². The highest BCUT2D eigenvalue weighted by Crippen LogP contribution is 2.35. The Kier molecular flexibility index (Phi) is 1.54. The first-order valence-electron chi connectivity index (χ1n) is 11.9. The minimum Gasteiger partial charge on any atom is -0.437 e. The molecule has 0 amide bonds. The summed E-state index contributed by atoms with van der Waals surface area (Å²) in [5.41, 5.74) is -0.0792. The van der Waals surface area contributed by atoms with Gasteiger partial charge in [-0.3, -0.25) is 4.98 Å². The molecular weight excluding hydrogens is 284 g/mol. The van der Waals surface area contributed by atoms with Crippen LogP contribution in [0.3, 0.4) is 0 Å². The molecule has 0 atom stereocenters. The third kappa shape index (κ3) is 2.20. The molecule has 4 rings (SSSR count). The highest BCUT2D eigenvalue weighted by molar-refractivity contribution is 6.08. The summed E-state index contributed by atoms with van der Waals surface area (Å²) in [5.74, 6) is -3.20. The molecule has 0 bridgehead atoms. The lowest BCUT2D eigenvalue weighted by Gasteiger charge is -2.11. The Labute approximate surface area is 149 Å². The zero-order valence-corrected chi connectivity index (χ0v) is 11.9. The number of fused-ring (bicyclic) bond motifs is 3. The van der Waals surface area contributed by atoms with Crippen molar-refractivity contribution in [3.8, 4) is 11.3 Å². The van der Waals surface area contributed by atoms with Gasteiger partial charge in [0.15, 0.2) is 0 Å². The summed E-state index contributed by atoms with van der Waals surface area (Å²) >= 11 is 0. The molecule has 0 aliphatic carbocycles. The normalized spacial score (nSPS) is 20.2. The Morgan fingerprint density at radius 1 is 1.13 bits per heavy atom. The van der Waals surface area contributed by atoms with E-state index in [0.29, 0.717) is 22.2 Å². The number of rotatable bonds is 2. The molecule has 4 aromatic rings. The number of para-hydroxylation sites is 1. The third-order valence-corrected chi connectivity index (χ3v) is 3.72. The molecule has 0 aliphatic rings. The number of pyridine rings is 2. The van der Waals surface area contributed by atoms with Gasteiger partial charge in [-0.1, -0.05) is 25.8 Å². The molecule has 0 aliphatic heterocycles. The number of hydrogen-bond donors (Lipinski definition) is 0. The monoisotopic (exact) mass is 312 g/mol. The Hall–Kier alpha value is -2.68. The van der Waals surface area contributed by atoms with Crippen LogP contribution in [0.1, 0.15) is 44.4 Å². The van der Waals surface area contributed by atoms with E-state index >= 15 is 0 Å². The molecule has 0 spiro atoms. The van der Waals surface area contributed by atoms with Crippen molar-refractivity contribution in [2.24, 2.45) is 0 Å². The van der Waals surface area contributed by atoms with E-state index in [1.54, 1.807) is 30.5 Å². The van der Waals surface area contributed by atoms with Gasteiger partial charge in [-0.05, 0) is 48.1 Å². The number of aromatic nitrogens is 2. The van der Waals surface area contributed by atoms with Crippen molar-refractivity contribution in [1.29, 1.82) is 0 Å². The van der Waals surface area contributed by atoms with E-state index in [-0.39, 0.29) is 5.69 Å². The van der Waals surface area contributed by atoms with Gasteiger partial charge in [0.2, 0.25) is 5.71 Å². The highest BCUT2D eigenvalue weighted by atomic mass is 16.3. The van der Waals surface area contributed by atoms with E-state index < -0.39 is 37.6 Å². The van der Waals surface area contributed by atoms with Gasteiger partial charge in [0.1, 0.15) is 5.58 Å². The number of furan rings is 1. The van der Waals surface area contributed by atoms with Crippen molar-refractivity contribution in [2.75, 3.05) is 0 Å². The quantitative estimate of drug-likeness (QED) is 0.492. The maximum Gasteiger partial charge on any atom is 0.227 e. The van der Waals surface area contributed by atoms with Crippen molar-refractivity contribution < 1.29 is 18.1 Å². The molecule has 0 unspecified atom stereocenters. The topological polar surface area (TPSA) is 38.9 Å². The number of nitrogens with zero attached hydrogens (tertiary/aromatic N) is 2. The summed E-state index contributed by atoms with van der Waals surface area (Å²) in [5, 5.41) is 1.43. The largest absolute Gasteiger partial charge is 0.437 e. The van der Waals surface area contributed by atoms with Crippen LogP contribution < -0.4 is 0 Å². The third-order valence-electron chi connectivity index (χ3n) is 3.72. The highest BCUT2D eigenvalue weighted by Gasteiger charge is 2.14. The average Bonchev–Trinajstić information content (AvgIpc) is 3.09. The fourth-order valence-corrected chi connectivity index (χ4v) is 2.64. The minimum absolute atomic E-state index is 0.0766. The fourth-order valence-electron chi connectivity index (χ4n) is 2.64. The van der Waals surface area contributed by atoms with Crippen LogP contribution in [0.25, 0.3) is 33.3 Å². The van der Waals surface area contributed by atoms with Crippen molar-refractivity contribution in [3.63, 3.8) is 0 Å². The lowest BCUT2D eigenvalue weighted by Crippen LogP contribution is -1.95. The lowest BCUT2D eigenvalue weighted by molar-refractivity contribution is 0.655. The summed E-state index contributed by atoms with van der Waals surface area (Å²) in [6.07, 6.45) is 2.48. The van der Waals surface area contributed by atoms with Crippen LogP contribution >= 0.6 is 0 Å². The van der Waals surface area contributed by atoms with Gasteiger partial charge >= 0.3 is 0 Å². The van der Waals surface area contributed by atoms with Crippen LogP contribution in [0.2, 0.25) is 0 Å². The molecule has 3 heteroatoms. The van der Waals surface area contributed by atoms with Gasteiger partial charge in [-0.25, -0.2) is 4.98 Å². The van der Waals surface area contributed by atoms with Crippen molar-refractivity contribution >= 4 is 22.1 Å². The van der Waals surface area contributed by atoms with Gasteiger partial charge in [-0.15, -0.1) is 0 Å². The van der Waals surface area contributed by atoms with E-state index in [9.17, 15) is 0 Å². The van der Waals surface area contributed by atoms with E-state index in [1.165, 1.54) is 0 Å². The zero-order chi connectivity index (χ0) is 24.4. The molecule has 23 heavy (non-hydrogen) atoms. The molecule has 0 radical (unpaired) electrons. The zero-order valence-electron chi connectivity index (χ0n) is 21.9. The van der Waals surface area contributed by atoms with E-state index in [0.717, 1.165) is 17.6 Å². The SMILES string of the molecule is [2H]C([2H])([2H])c1cnc(-c2cccc3c2oc2ncccc23)cc1C([2H])(C([2H])([2H])[2H])C([2H])([2H])[2H]. The first-order chi connectivity index (χ1) is 15.2. The second kappa shape index (κ2) is 5.20. The molecule has 1 aromatic carbocycles. The van der Waals surface area contributed by atoms with Crippen LogP contribution in [0.4, 0.5) is 0 Å². The number of aryl methyl sites for hydroxylation is 1. The van der Waals surface area contributed by atoms with E-state index in [1.807, 2.05) is 6.07 Å². The molecule has 114 valence electrons. The Morgan fingerprint density at radius 3 is 2.91 bits per heavy atom. The molecule has 0 saturated carbocycles. The Balaban J connectivity index is 2.06. The van der Waals surface area contributed by atoms with Crippen molar-refractivity contribution in [1.82, 2.24) is 9.97 Å². The van der Waals surface area contributed by atoms with Crippen LogP contribution in [-0.4, -0.2) is 9.97 Å².